The molecule has 0 aliphatic heterocycles. The van der Waals surface area contributed by atoms with Crippen LogP contribution in [0.3, 0.4) is 0 Å². The van der Waals surface area contributed by atoms with E-state index in [2.05, 4.69) is 0 Å². The first-order valence-corrected chi connectivity index (χ1v) is 11.2. The van der Waals surface area contributed by atoms with Gasteiger partial charge < -0.3 is 9.64 Å². The summed E-state index contributed by atoms with van der Waals surface area (Å²) in [6.45, 7) is 2.88. The summed E-state index contributed by atoms with van der Waals surface area (Å²) in [5, 5.41) is 2.88. The van der Waals surface area contributed by atoms with Crippen LogP contribution >= 0.6 is 11.6 Å². The molecular formula is C26H26ClN3O3. The van der Waals surface area contributed by atoms with Gasteiger partial charge in [-0.3, -0.25) is 14.2 Å². The molecular weight excluding hydrogens is 438 g/mol. The van der Waals surface area contributed by atoms with Gasteiger partial charge >= 0.3 is 0 Å². The van der Waals surface area contributed by atoms with E-state index in [9.17, 15) is 9.59 Å². The minimum Gasteiger partial charge on any atom is -0.385 e. The smallest absolute Gasteiger partial charge is 0.261 e. The lowest BCUT2D eigenvalue weighted by Crippen LogP contribution is -2.38. The molecule has 0 fully saturated rings. The van der Waals surface area contributed by atoms with E-state index < -0.39 is 6.04 Å². The molecule has 1 unspecified atom stereocenters. The van der Waals surface area contributed by atoms with Gasteiger partial charge in [0.05, 0.1) is 16.9 Å². The molecule has 0 bridgehead atoms. The van der Waals surface area contributed by atoms with Crippen LogP contribution < -0.4 is 5.56 Å². The Morgan fingerprint density at radius 3 is 2.67 bits per heavy atom. The fourth-order valence-electron chi connectivity index (χ4n) is 4.19. The van der Waals surface area contributed by atoms with Crippen molar-refractivity contribution in [3.05, 3.63) is 87.4 Å². The molecule has 0 N–H and O–H groups in total. The van der Waals surface area contributed by atoms with E-state index in [0.717, 1.165) is 10.8 Å². The maximum atomic E-state index is 13.8. The minimum absolute atomic E-state index is 0.115. The van der Waals surface area contributed by atoms with E-state index >= 15 is 0 Å². The topological polar surface area (TPSA) is 64.4 Å². The number of halogens is 1. The first-order valence-electron chi connectivity index (χ1n) is 10.9. The number of hydrogen-bond donors (Lipinski definition) is 0. The predicted octanol–water partition coefficient (Wildman–Crippen LogP) is 4.98. The summed E-state index contributed by atoms with van der Waals surface area (Å²) in [4.78, 5) is 33.3. The second kappa shape index (κ2) is 9.73. The van der Waals surface area contributed by atoms with Crippen LogP contribution in [0.2, 0.25) is 5.02 Å². The van der Waals surface area contributed by atoms with E-state index in [1.807, 2.05) is 49.4 Å². The number of aromatic nitrogens is 2. The standard InChI is InChI=1S/C26H26ClN3O3/c1-17(24-28-23-16-19(27)12-13-22(23)25(31)29(24)2)30(14-7-15-33-3)26(32)21-11-6-9-18-8-4-5-10-20(18)21/h4-6,8-13,16-17H,7,14-15H2,1-3H3. The molecule has 6 nitrogen and oxygen atoms in total. The maximum absolute atomic E-state index is 13.8. The van der Waals surface area contributed by atoms with Crippen LogP contribution in [-0.4, -0.2) is 40.6 Å². The molecule has 4 rings (SSSR count). The first-order chi connectivity index (χ1) is 15.9. The fourth-order valence-corrected chi connectivity index (χ4v) is 4.36. The Kier molecular flexibility index (Phi) is 6.77. The lowest BCUT2D eigenvalue weighted by molar-refractivity contribution is 0.0658. The molecule has 1 aromatic heterocycles. The second-order valence-electron chi connectivity index (χ2n) is 8.04. The van der Waals surface area contributed by atoms with E-state index in [-0.39, 0.29) is 11.5 Å². The number of methoxy groups -OCH3 is 1. The Balaban J connectivity index is 1.81. The van der Waals surface area contributed by atoms with E-state index in [4.69, 9.17) is 21.3 Å². The molecule has 0 radical (unpaired) electrons. The summed E-state index contributed by atoms with van der Waals surface area (Å²) in [6.07, 6.45) is 0.657. The monoisotopic (exact) mass is 463 g/mol. The molecule has 0 spiro atoms. The van der Waals surface area contributed by atoms with Crippen LogP contribution in [-0.2, 0) is 11.8 Å². The summed E-state index contributed by atoms with van der Waals surface area (Å²) in [7, 11) is 3.32. The van der Waals surface area contributed by atoms with Crippen molar-refractivity contribution in [2.24, 2.45) is 7.05 Å². The van der Waals surface area contributed by atoms with Gasteiger partial charge in [0.1, 0.15) is 5.82 Å². The highest BCUT2D eigenvalue weighted by atomic mass is 35.5. The molecule has 3 aromatic carbocycles. The minimum atomic E-state index is -0.450. The molecule has 1 heterocycles. The van der Waals surface area contributed by atoms with Gasteiger partial charge in [0.2, 0.25) is 0 Å². The third kappa shape index (κ3) is 4.49. The summed E-state index contributed by atoms with van der Waals surface area (Å²) >= 11 is 6.15. The van der Waals surface area contributed by atoms with Crippen LogP contribution in [0.4, 0.5) is 0 Å². The molecule has 0 aliphatic carbocycles. The highest BCUT2D eigenvalue weighted by molar-refractivity contribution is 6.31. The molecule has 1 atom stereocenters. The molecule has 1 amide bonds. The fraction of sp³-hybridized carbons (Fsp3) is 0.269. The summed E-state index contributed by atoms with van der Waals surface area (Å²) in [6, 6.07) is 18.1. The highest BCUT2D eigenvalue weighted by Gasteiger charge is 2.27. The van der Waals surface area contributed by atoms with Crippen molar-refractivity contribution in [3.63, 3.8) is 0 Å². The molecule has 4 aromatic rings. The zero-order valence-electron chi connectivity index (χ0n) is 18.9. The largest absolute Gasteiger partial charge is 0.385 e. The van der Waals surface area contributed by atoms with Crippen molar-refractivity contribution < 1.29 is 9.53 Å². The predicted molar refractivity (Wildman–Crippen MR) is 132 cm³/mol. The van der Waals surface area contributed by atoms with E-state index in [0.29, 0.717) is 46.9 Å². The molecule has 0 aliphatic rings. The number of amides is 1. The summed E-state index contributed by atoms with van der Waals surface area (Å²) < 4.78 is 6.74. The van der Waals surface area contributed by atoms with Gasteiger partial charge in [0.15, 0.2) is 0 Å². The van der Waals surface area contributed by atoms with Gasteiger partial charge in [-0.25, -0.2) is 4.98 Å². The van der Waals surface area contributed by atoms with Gasteiger partial charge in [-0.2, -0.15) is 0 Å². The number of rotatable bonds is 7. The maximum Gasteiger partial charge on any atom is 0.261 e. The van der Waals surface area contributed by atoms with Crippen LogP contribution in [0.5, 0.6) is 0 Å². The molecule has 7 heteroatoms. The Hall–Kier alpha value is -3.22. The van der Waals surface area contributed by atoms with Crippen molar-refractivity contribution >= 4 is 39.2 Å². The third-order valence-electron chi connectivity index (χ3n) is 5.94. The number of benzene rings is 3. The second-order valence-corrected chi connectivity index (χ2v) is 8.48. The lowest BCUT2D eigenvalue weighted by Gasteiger charge is -2.30. The van der Waals surface area contributed by atoms with Crippen LogP contribution in [0, 0.1) is 0 Å². The van der Waals surface area contributed by atoms with E-state index in [1.54, 1.807) is 37.3 Å². The van der Waals surface area contributed by atoms with Crippen molar-refractivity contribution in [2.75, 3.05) is 20.3 Å². The van der Waals surface area contributed by atoms with E-state index in [1.165, 1.54) is 4.57 Å². The number of hydrogen-bond acceptors (Lipinski definition) is 4. The average Bonchev–Trinajstić information content (AvgIpc) is 2.83. The van der Waals surface area contributed by atoms with Crippen molar-refractivity contribution in [3.8, 4) is 0 Å². The van der Waals surface area contributed by atoms with Gasteiger partial charge in [0, 0.05) is 37.9 Å². The highest BCUT2D eigenvalue weighted by Crippen LogP contribution is 2.26. The summed E-state index contributed by atoms with van der Waals surface area (Å²) in [5.41, 5.74) is 0.959. The SMILES string of the molecule is COCCCN(C(=O)c1cccc2ccccc12)C(C)c1nc2cc(Cl)ccc2c(=O)n1C. The Bertz CT molecular complexity index is 1380. The quantitative estimate of drug-likeness (QED) is 0.362. The summed E-state index contributed by atoms with van der Waals surface area (Å²) in [5.74, 6) is 0.386. The number of carbonyl (C=O) groups excluding carboxylic acids is 1. The Morgan fingerprint density at radius 2 is 1.88 bits per heavy atom. The number of carbonyl (C=O) groups is 1. The van der Waals surface area contributed by atoms with Crippen LogP contribution in [0.25, 0.3) is 21.7 Å². The van der Waals surface area contributed by atoms with Crippen molar-refractivity contribution in [1.29, 1.82) is 0 Å². The van der Waals surface area contributed by atoms with Gasteiger partial charge in [-0.05, 0) is 48.4 Å². The lowest BCUT2D eigenvalue weighted by atomic mass is 10.0. The average molecular weight is 464 g/mol. The van der Waals surface area contributed by atoms with Gasteiger partial charge in [-0.1, -0.05) is 48.0 Å². The van der Waals surface area contributed by atoms with Crippen LogP contribution in [0.15, 0.2) is 65.5 Å². The number of fused-ring (bicyclic) bond motifs is 2. The van der Waals surface area contributed by atoms with Gasteiger partial charge in [-0.15, -0.1) is 0 Å². The molecule has 0 saturated carbocycles. The van der Waals surface area contributed by atoms with Gasteiger partial charge in [0.25, 0.3) is 11.5 Å². The third-order valence-corrected chi connectivity index (χ3v) is 6.18. The Morgan fingerprint density at radius 1 is 1.12 bits per heavy atom. The molecule has 170 valence electrons. The van der Waals surface area contributed by atoms with Crippen LogP contribution in [0.1, 0.15) is 35.6 Å². The van der Waals surface area contributed by atoms with Crippen molar-refractivity contribution in [1.82, 2.24) is 14.5 Å². The number of nitrogens with zero attached hydrogens (tertiary/aromatic N) is 3. The molecule has 0 saturated heterocycles. The van der Waals surface area contributed by atoms with Crippen molar-refractivity contribution in [2.45, 2.75) is 19.4 Å². The zero-order chi connectivity index (χ0) is 23.5. The molecule has 33 heavy (non-hydrogen) atoms. The zero-order valence-corrected chi connectivity index (χ0v) is 19.7. The number of ether oxygens (including phenoxy) is 1. The normalized spacial score (nSPS) is 12.2. The first kappa shape index (κ1) is 23.0. The Labute approximate surface area is 197 Å².